The van der Waals surface area contributed by atoms with Crippen LogP contribution in [0.25, 0.3) is 0 Å². The maximum Gasteiger partial charge on any atom is 0.410 e. The lowest BCUT2D eigenvalue weighted by atomic mass is 10.0. The van der Waals surface area contributed by atoms with Crippen LogP contribution in [-0.2, 0) is 17.8 Å². The van der Waals surface area contributed by atoms with E-state index in [0.29, 0.717) is 6.42 Å². The van der Waals surface area contributed by atoms with E-state index in [1.807, 2.05) is 54.6 Å². The zero-order chi connectivity index (χ0) is 18.5. The molecule has 1 amide bonds. The second kappa shape index (κ2) is 8.21. The number of carbonyl (C=O) groups is 1. The molecule has 3 rings (SSSR count). The number of aliphatic hydroxyl groups is 2. The molecule has 0 unspecified atom stereocenters. The molecular weight excluding hydrogens is 334 g/mol. The molecule has 0 spiro atoms. The van der Waals surface area contributed by atoms with Crippen LogP contribution in [0.4, 0.5) is 4.79 Å². The molecule has 2 N–H and O–H groups in total. The van der Waals surface area contributed by atoms with E-state index in [9.17, 15) is 15.0 Å². The molecule has 0 bridgehead atoms. The van der Waals surface area contributed by atoms with E-state index in [0.717, 1.165) is 16.9 Å². The Hall–Kier alpha value is -2.57. The van der Waals surface area contributed by atoms with Gasteiger partial charge in [0.1, 0.15) is 18.5 Å². The van der Waals surface area contributed by atoms with E-state index in [1.165, 1.54) is 4.90 Å². The van der Waals surface area contributed by atoms with Crippen molar-refractivity contribution in [2.75, 3.05) is 13.7 Å². The van der Waals surface area contributed by atoms with Crippen LogP contribution < -0.4 is 4.74 Å². The highest BCUT2D eigenvalue weighted by Gasteiger charge is 2.43. The topological polar surface area (TPSA) is 79.2 Å². The smallest absolute Gasteiger partial charge is 0.410 e. The van der Waals surface area contributed by atoms with Crippen LogP contribution >= 0.6 is 0 Å². The average Bonchev–Trinajstić information content (AvgIpc) is 2.96. The van der Waals surface area contributed by atoms with Gasteiger partial charge in [-0.15, -0.1) is 0 Å². The molecule has 1 aliphatic heterocycles. The minimum Gasteiger partial charge on any atom is -0.497 e. The van der Waals surface area contributed by atoms with Crippen LogP contribution in [0.15, 0.2) is 54.6 Å². The number of hydrogen-bond acceptors (Lipinski definition) is 5. The number of hydrogen-bond donors (Lipinski definition) is 2. The zero-order valence-electron chi connectivity index (χ0n) is 14.6. The Bertz CT molecular complexity index is 719. The second-order valence-electron chi connectivity index (χ2n) is 6.37. The molecule has 6 heteroatoms. The minimum absolute atomic E-state index is 0.0512. The van der Waals surface area contributed by atoms with Crippen LogP contribution in [0.3, 0.4) is 0 Å². The van der Waals surface area contributed by atoms with Gasteiger partial charge in [-0.2, -0.15) is 0 Å². The van der Waals surface area contributed by atoms with Gasteiger partial charge in [0.2, 0.25) is 0 Å². The molecule has 0 radical (unpaired) electrons. The Morgan fingerprint density at radius 3 is 2.42 bits per heavy atom. The molecule has 1 saturated heterocycles. The molecular formula is C20H23NO5. The van der Waals surface area contributed by atoms with E-state index in [-0.39, 0.29) is 13.2 Å². The van der Waals surface area contributed by atoms with Crippen molar-refractivity contribution in [3.8, 4) is 5.75 Å². The van der Waals surface area contributed by atoms with E-state index in [2.05, 4.69) is 0 Å². The summed E-state index contributed by atoms with van der Waals surface area (Å²) >= 11 is 0. The van der Waals surface area contributed by atoms with Crippen LogP contribution in [-0.4, -0.2) is 53.1 Å². The van der Waals surface area contributed by atoms with Gasteiger partial charge >= 0.3 is 6.09 Å². The van der Waals surface area contributed by atoms with Crippen molar-refractivity contribution in [2.24, 2.45) is 0 Å². The van der Waals surface area contributed by atoms with E-state index >= 15 is 0 Å². The Labute approximate surface area is 152 Å². The number of nitrogens with zero attached hydrogens (tertiary/aromatic N) is 1. The van der Waals surface area contributed by atoms with E-state index < -0.39 is 24.3 Å². The number of β-amino-alcohol motifs (C(OH)–C–C–N with tert-alkyl or cyclic N) is 1. The number of carbonyl (C=O) groups excluding carboxylic acids is 1. The number of likely N-dealkylation sites (tertiary alicyclic amines) is 1. The van der Waals surface area contributed by atoms with Gasteiger partial charge < -0.3 is 19.7 Å². The number of aliphatic hydroxyl groups excluding tert-OH is 2. The molecule has 0 aromatic heterocycles. The van der Waals surface area contributed by atoms with Gasteiger partial charge in [-0.3, -0.25) is 4.90 Å². The fourth-order valence-electron chi connectivity index (χ4n) is 3.13. The molecule has 2 aromatic carbocycles. The van der Waals surface area contributed by atoms with Crippen molar-refractivity contribution in [2.45, 2.75) is 31.3 Å². The van der Waals surface area contributed by atoms with Crippen LogP contribution in [0.2, 0.25) is 0 Å². The molecule has 0 saturated carbocycles. The van der Waals surface area contributed by atoms with E-state index in [4.69, 9.17) is 9.47 Å². The van der Waals surface area contributed by atoms with Gasteiger partial charge in [0.05, 0.1) is 25.8 Å². The van der Waals surface area contributed by atoms with Gasteiger partial charge in [0.25, 0.3) is 0 Å². The third kappa shape index (κ3) is 4.15. The van der Waals surface area contributed by atoms with E-state index in [1.54, 1.807) is 7.11 Å². The average molecular weight is 357 g/mol. The predicted octanol–water partition coefficient (Wildman–Crippen LogP) is 1.98. The number of methoxy groups -OCH3 is 1. The highest BCUT2D eigenvalue weighted by molar-refractivity contribution is 5.69. The third-order valence-electron chi connectivity index (χ3n) is 4.62. The van der Waals surface area contributed by atoms with Crippen molar-refractivity contribution in [1.29, 1.82) is 0 Å². The summed E-state index contributed by atoms with van der Waals surface area (Å²) in [6, 6.07) is 16.2. The maximum absolute atomic E-state index is 12.5. The fraction of sp³-hybridized carbons (Fsp3) is 0.350. The number of rotatable bonds is 5. The minimum atomic E-state index is -1.01. The summed E-state index contributed by atoms with van der Waals surface area (Å²) in [6.07, 6.45) is -2.12. The summed E-state index contributed by atoms with van der Waals surface area (Å²) in [6.45, 7) is 0.202. The lowest BCUT2D eigenvalue weighted by molar-refractivity contribution is 0.0361. The molecule has 1 heterocycles. The number of benzene rings is 2. The molecule has 2 aromatic rings. The lowest BCUT2D eigenvalue weighted by Gasteiger charge is -2.25. The Morgan fingerprint density at radius 1 is 1.08 bits per heavy atom. The Balaban J connectivity index is 1.66. The molecule has 0 aliphatic carbocycles. The molecule has 3 atom stereocenters. The first-order chi connectivity index (χ1) is 12.6. The quantitative estimate of drug-likeness (QED) is 0.855. The van der Waals surface area contributed by atoms with Crippen LogP contribution in [0.5, 0.6) is 5.75 Å². The molecule has 138 valence electrons. The van der Waals surface area contributed by atoms with Crippen molar-refractivity contribution in [1.82, 2.24) is 4.90 Å². The molecule has 1 aliphatic rings. The summed E-state index contributed by atoms with van der Waals surface area (Å²) < 4.78 is 10.5. The first-order valence-corrected chi connectivity index (χ1v) is 8.55. The van der Waals surface area contributed by atoms with Crippen LogP contribution in [0.1, 0.15) is 11.1 Å². The Morgan fingerprint density at radius 2 is 1.77 bits per heavy atom. The van der Waals surface area contributed by atoms with Gasteiger partial charge in [-0.05, 0) is 29.7 Å². The van der Waals surface area contributed by atoms with Crippen LogP contribution in [0, 0.1) is 0 Å². The SMILES string of the molecule is COc1ccc(C[C@@H]2[C@H](O)[C@@H](O)CN2C(=O)OCc2ccccc2)cc1. The molecule has 6 nitrogen and oxygen atoms in total. The largest absolute Gasteiger partial charge is 0.497 e. The summed E-state index contributed by atoms with van der Waals surface area (Å²) in [7, 11) is 1.59. The summed E-state index contributed by atoms with van der Waals surface area (Å²) in [4.78, 5) is 13.9. The van der Waals surface area contributed by atoms with Gasteiger partial charge in [0, 0.05) is 0 Å². The summed E-state index contributed by atoms with van der Waals surface area (Å²) in [5.74, 6) is 0.736. The summed E-state index contributed by atoms with van der Waals surface area (Å²) in [5, 5.41) is 20.3. The normalized spacial score (nSPS) is 22.3. The van der Waals surface area contributed by atoms with Gasteiger partial charge in [0.15, 0.2) is 0 Å². The third-order valence-corrected chi connectivity index (χ3v) is 4.62. The first kappa shape index (κ1) is 18.2. The van der Waals surface area contributed by atoms with Crippen molar-refractivity contribution >= 4 is 6.09 Å². The number of amides is 1. The standard InChI is InChI=1S/C20H23NO5/c1-25-16-9-7-14(8-10-16)11-17-19(23)18(22)12-21(17)20(24)26-13-15-5-3-2-4-6-15/h2-10,17-19,22-23H,11-13H2,1H3/t17-,18+,19+/m1/s1. The first-order valence-electron chi connectivity index (χ1n) is 8.55. The number of ether oxygens (including phenoxy) is 2. The molecule has 1 fully saturated rings. The lowest BCUT2D eigenvalue weighted by Crippen LogP contribution is -2.41. The highest BCUT2D eigenvalue weighted by Crippen LogP contribution is 2.24. The van der Waals surface area contributed by atoms with Crippen molar-refractivity contribution in [3.63, 3.8) is 0 Å². The highest BCUT2D eigenvalue weighted by atomic mass is 16.6. The molecule has 26 heavy (non-hydrogen) atoms. The zero-order valence-corrected chi connectivity index (χ0v) is 14.6. The van der Waals surface area contributed by atoms with Crippen molar-refractivity contribution < 1.29 is 24.5 Å². The summed E-state index contributed by atoms with van der Waals surface area (Å²) in [5.41, 5.74) is 1.82. The second-order valence-corrected chi connectivity index (χ2v) is 6.37. The maximum atomic E-state index is 12.5. The van der Waals surface area contributed by atoms with Gasteiger partial charge in [-0.1, -0.05) is 42.5 Å². The predicted molar refractivity (Wildman–Crippen MR) is 95.8 cm³/mol. The monoisotopic (exact) mass is 357 g/mol. The van der Waals surface area contributed by atoms with Gasteiger partial charge in [-0.25, -0.2) is 4.79 Å². The fourth-order valence-corrected chi connectivity index (χ4v) is 3.13. The van der Waals surface area contributed by atoms with Crippen molar-refractivity contribution in [3.05, 3.63) is 65.7 Å². The Kier molecular flexibility index (Phi) is 5.75.